The zero-order valence-electron chi connectivity index (χ0n) is 14.2. The highest BCUT2D eigenvalue weighted by molar-refractivity contribution is 6.00. The van der Waals surface area contributed by atoms with Gasteiger partial charge in [0.15, 0.2) is 0 Å². The van der Waals surface area contributed by atoms with Gasteiger partial charge in [0.2, 0.25) is 11.8 Å². The number of hydrogen-bond donors (Lipinski definition) is 3. The molecule has 1 aromatic carbocycles. The number of amides is 3. The lowest BCUT2D eigenvalue weighted by Gasteiger charge is -2.19. The van der Waals surface area contributed by atoms with Crippen LogP contribution in [0.1, 0.15) is 39.2 Å². The maximum atomic E-state index is 11.9. The van der Waals surface area contributed by atoms with Crippen LogP contribution < -0.4 is 16.0 Å². The first-order valence-corrected chi connectivity index (χ1v) is 7.92. The molecule has 7 heteroatoms. The van der Waals surface area contributed by atoms with Gasteiger partial charge in [-0.1, -0.05) is 0 Å². The van der Waals surface area contributed by atoms with E-state index in [0.29, 0.717) is 25.1 Å². The quantitative estimate of drug-likeness (QED) is 0.721. The molecule has 0 spiro atoms. The highest BCUT2D eigenvalue weighted by Gasteiger charge is 2.18. The molecule has 0 bridgehead atoms. The minimum Gasteiger partial charge on any atom is -0.444 e. The summed E-state index contributed by atoms with van der Waals surface area (Å²) in [5.41, 5.74) is 1.80. The lowest BCUT2D eigenvalue weighted by molar-refractivity contribution is -0.116. The minimum absolute atomic E-state index is 0.0401. The zero-order chi connectivity index (χ0) is 17.7. The summed E-state index contributed by atoms with van der Waals surface area (Å²) in [6, 6.07) is 5.32. The molecule has 3 amide bonds. The summed E-state index contributed by atoms with van der Waals surface area (Å²) in [6.45, 7) is 5.74. The summed E-state index contributed by atoms with van der Waals surface area (Å²) in [5, 5.41) is 8.14. The maximum Gasteiger partial charge on any atom is 0.407 e. The Morgan fingerprint density at radius 1 is 1.29 bits per heavy atom. The van der Waals surface area contributed by atoms with Gasteiger partial charge in [0, 0.05) is 24.3 Å². The fourth-order valence-electron chi connectivity index (χ4n) is 2.28. The Bertz CT molecular complexity index is 650. The normalized spacial score (nSPS) is 13.0. The highest BCUT2D eigenvalue weighted by Crippen LogP contribution is 2.26. The SMILES string of the molecule is CC(C)(C)OC(=O)NCCCC(=O)Nc1ccc2c(c1)CC(=O)N2. The van der Waals surface area contributed by atoms with Gasteiger partial charge in [-0.2, -0.15) is 0 Å². The lowest BCUT2D eigenvalue weighted by Crippen LogP contribution is -2.33. The first kappa shape index (κ1) is 17.8. The number of nitrogens with one attached hydrogen (secondary N) is 3. The van der Waals surface area contributed by atoms with Gasteiger partial charge in [-0.05, 0) is 51.0 Å². The molecular weight excluding hydrogens is 310 g/mol. The third kappa shape index (κ3) is 5.57. The van der Waals surface area contributed by atoms with Crippen LogP contribution in [-0.4, -0.2) is 30.1 Å². The molecule has 7 nitrogen and oxygen atoms in total. The average Bonchev–Trinajstić information content (AvgIpc) is 2.81. The van der Waals surface area contributed by atoms with E-state index in [9.17, 15) is 14.4 Å². The standard InChI is InChI=1S/C17H23N3O4/c1-17(2,3)24-16(23)18-8-4-5-14(21)19-12-6-7-13-11(9-12)10-15(22)20-13/h6-7,9H,4-5,8,10H2,1-3H3,(H,18,23)(H,19,21)(H,20,22). The Balaban J connectivity index is 1.70. The van der Waals surface area contributed by atoms with Crippen molar-refractivity contribution in [2.75, 3.05) is 17.2 Å². The van der Waals surface area contributed by atoms with Crippen LogP contribution in [0.25, 0.3) is 0 Å². The largest absolute Gasteiger partial charge is 0.444 e. The van der Waals surface area contributed by atoms with Crippen LogP contribution >= 0.6 is 0 Å². The molecule has 2 rings (SSSR count). The van der Waals surface area contributed by atoms with Crippen molar-refractivity contribution in [1.29, 1.82) is 0 Å². The van der Waals surface area contributed by atoms with Crippen LogP contribution in [0.15, 0.2) is 18.2 Å². The summed E-state index contributed by atoms with van der Waals surface area (Å²) >= 11 is 0. The number of carbonyl (C=O) groups is 3. The van der Waals surface area contributed by atoms with E-state index in [1.165, 1.54) is 0 Å². The second kappa shape index (κ2) is 7.33. The van der Waals surface area contributed by atoms with E-state index in [2.05, 4.69) is 16.0 Å². The van der Waals surface area contributed by atoms with Gasteiger partial charge in [0.25, 0.3) is 0 Å². The number of alkyl carbamates (subject to hydrolysis) is 1. The first-order chi connectivity index (χ1) is 11.2. The van der Waals surface area contributed by atoms with E-state index in [0.717, 1.165) is 11.3 Å². The van der Waals surface area contributed by atoms with Crippen LogP contribution in [0.4, 0.5) is 16.2 Å². The third-order valence-electron chi connectivity index (χ3n) is 3.26. The first-order valence-electron chi connectivity index (χ1n) is 7.92. The summed E-state index contributed by atoms with van der Waals surface area (Å²) in [6.07, 6.45) is 0.637. The molecule has 1 heterocycles. The van der Waals surface area contributed by atoms with Crippen LogP contribution in [0.5, 0.6) is 0 Å². The third-order valence-corrected chi connectivity index (χ3v) is 3.26. The van der Waals surface area contributed by atoms with Crippen molar-refractivity contribution in [3.05, 3.63) is 23.8 Å². The molecule has 130 valence electrons. The molecular formula is C17H23N3O4. The topological polar surface area (TPSA) is 96.5 Å². The van der Waals surface area contributed by atoms with E-state index in [1.807, 2.05) is 0 Å². The second-order valence-electron chi connectivity index (χ2n) is 6.68. The summed E-state index contributed by atoms with van der Waals surface area (Å²) in [7, 11) is 0. The molecule has 0 atom stereocenters. The molecule has 0 saturated heterocycles. The molecule has 0 unspecified atom stereocenters. The number of carbonyl (C=O) groups excluding carboxylic acids is 3. The van der Waals surface area contributed by atoms with Gasteiger partial charge in [0.05, 0.1) is 6.42 Å². The Hall–Kier alpha value is -2.57. The zero-order valence-corrected chi connectivity index (χ0v) is 14.2. The van der Waals surface area contributed by atoms with Crippen molar-refractivity contribution in [2.24, 2.45) is 0 Å². The predicted octanol–water partition coefficient (Wildman–Crippen LogP) is 2.42. The smallest absolute Gasteiger partial charge is 0.407 e. The molecule has 0 fully saturated rings. The van der Waals surface area contributed by atoms with Crippen molar-refractivity contribution in [2.45, 2.75) is 45.6 Å². The number of hydrogen-bond acceptors (Lipinski definition) is 4. The van der Waals surface area contributed by atoms with E-state index in [-0.39, 0.29) is 18.2 Å². The Morgan fingerprint density at radius 3 is 2.75 bits per heavy atom. The van der Waals surface area contributed by atoms with Crippen LogP contribution in [0.2, 0.25) is 0 Å². The van der Waals surface area contributed by atoms with Crippen LogP contribution in [-0.2, 0) is 20.7 Å². The van der Waals surface area contributed by atoms with Gasteiger partial charge < -0.3 is 20.7 Å². The Morgan fingerprint density at radius 2 is 2.04 bits per heavy atom. The molecule has 0 radical (unpaired) electrons. The Kier molecular flexibility index (Phi) is 5.43. The average molecular weight is 333 g/mol. The van der Waals surface area contributed by atoms with Gasteiger partial charge in [0.1, 0.15) is 5.60 Å². The number of anilines is 2. The van der Waals surface area contributed by atoms with E-state index < -0.39 is 11.7 Å². The maximum absolute atomic E-state index is 11.9. The molecule has 0 aliphatic carbocycles. The van der Waals surface area contributed by atoms with Gasteiger partial charge >= 0.3 is 6.09 Å². The van der Waals surface area contributed by atoms with Gasteiger partial charge in [-0.3, -0.25) is 9.59 Å². The van der Waals surface area contributed by atoms with Crippen molar-refractivity contribution >= 4 is 29.3 Å². The van der Waals surface area contributed by atoms with Crippen LogP contribution in [0.3, 0.4) is 0 Å². The van der Waals surface area contributed by atoms with Gasteiger partial charge in [-0.15, -0.1) is 0 Å². The summed E-state index contributed by atoms with van der Waals surface area (Å²) in [4.78, 5) is 34.7. The molecule has 1 aliphatic heterocycles. The van der Waals surface area contributed by atoms with E-state index >= 15 is 0 Å². The number of benzene rings is 1. The summed E-state index contributed by atoms with van der Waals surface area (Å²) < 4.78 is 5.11. The second-order valence-corrected chi connectivity index (χ2v) is 6.68. The predicted molar refractivity (Wildman–Crippen MR) is 90.9 cm³/mol. The van der Waals surface area contributed by atoms with E-state index in [1.54, 1.807) is 39.0 Å². The molecule has 1 aliphatic rings. The van der Waals surface area contributed by atoms with Crippen molar-refractivity contribution in [3.63, 3.8) is 0 Å². The lowest BCUT2D eigenvalue weighted by atomic mass is 10.1. The number of ether oxygens (including phenoxy) is 1. The van der Waals surface area contributed by atoms with Crippen molar-refractivity contribution < 1.29 is 19.1 Å². The molecule has 0 aromatic heterocycles. The van der Waals surface area contributed by atoms with E-state index in [4.69, 9.17) is 4.74 Å². The number of rotatable bonds is 5. The minimum atomic E-state index is -0.536. The number of fused-ring (bicyclic) bond motifs is 1. The van der Waals surface area contributed by atoms with Gasteiger partial charge in [-0.25, -0.2) is 4.79 Å². The fourth-order valence-corrected chi connectivity index (χ4v) is 2.28. The summed E-state index contributed by atoms with van der Waals surface area (Å²) in [5.74, 6) is -0.181. The fraction of sp³-hybridized carbons (Fsp3) is 0.471. The molecule has 0 saturated carbocycles. The molecule has 24 heavy (non-hydrogen) atoms. The van der Waals surface area contributed by atoms with Crippen LogP contribution in [0, 0.1) is 0 Å². The highest BCUT2D eigenvalue weighted by atomic mass is 16.6. The van der Waals surface area contributed by atoms with Crippen molar-refractivity contribution in [3.8, 4) is 0 Å². The molecule has 3 N–H and O–H groups in total. The monoisotopic (exact) mass is 333 g/mol. The molecule has 1 aromatic rings. The Labute approximate surface area is 141 Å². The van der Waals surface area contributed by atoms with Crippen molar-refractivity contribution in [1.82, 2.24) is 5.32 Å².